The van der Waals surface area contributed by atoms with Crippen molar-refractivity contribution in [3.8, 4) is 5.75 Å². The third kappa shape index (κ3) is 2.67. The fourth-order valence-corrected chi connectivity index (χ4v) is 3.42. The van der Waals surface area contributed by atoms with E-state index in [2.05, 4.69) is 46.4 Å². The van der Waals surface area contributed by atoms with Gasteiger partial charge in [-0.2, -0.15) is 0 Å². The van der Waals surface area contributed by atoms with Crippen molar-refractivity contribution in [3.05, 3.63) is 28.2 Å². The maximum atomic E-state index is 6.18. The first kappa shape index (κ1) is 13.4. The number of nitrogens with one attached hydrogen (secondary N) is 1. The maximum absolute atomic E-state index is 6.18. The zero-order valence-corrected chi connectivity index (χ0v) is 12.9. The Bertz CT molecular complexity index is 465. The number of benzene rings is 1. The lowest BCUT2D eigenvalue weighted by atomic mass is 9.93. The van der Waals surface area contributed by atoms with Gasteiger partial charge in [0.15, 0.2) is 0 Å². The van der Waals surface area contributed by atoms with Gasteiger partial charge in [-0.05, 0) is 38.9 Å². The first-order valence-electron chi connectivity index (χ1n) is 6.96. The molecule has 1 aromatic rings. The number of ether oxygens (including phenoxy) is 2. The highest BCUT2D eigenvalue weighted by Crippen LogP contribution is 2.39. The van der Waals surface area contributed by atoms with Crippen LogP contribution in [-0.4, -0.2) is 25.4 Å². The summed E-state index contributed by atoms with van der Waals surface area (Å²) in [7, 11) is 2.01. The van der Waals surface area contributed by atoms with Crippen LogP contribution in [0.4, 0.5) is 0 Å². The van der Waals surface area contributed by atoms with Gasteiger partial charge in [0.05, 0.1) is 12.2 Å². The van der Waals surface area contributed by atoms with Crippen LogP contribution in [0.1, 0.15) is 37.8 Å². The van der Waals surface area contributed by atoms with Gasteiger partial charge >= 0.3 is 0 Å². The minimum Gasteiger partial charge on any atom is -0.487 e. The Balaban J connectivity index is 1.84. The molecule has 4 heteroatoms. The van der Waals surface area contributed by atoms with Gasteiger partial charge in [-0.25, -0.2) is 0 Å². The number of hydrogen-bond acceptors (Lipinski definition) is 3. The standard InChI is InChI=1S/C15H20BrNO2/c1-9-3-6-13(18-9)15-8-12(17-2)11-5-4-10(16)7-14(11)19-15/h4-5,7,9,12-13,15,17H,3,6,8H2,1-2H3. The van der Waals surface area contributed by atoms with Crippen LogP contribution in [0.15, 0.2) is 22.7 Å². The van der Waals surface area contributed by atoms with E-state index in [0.717, 1.165) is 29.5 Å². The van der Waals surface area contributed by atoms with E-state index in [1.54, 1.807) is 0 Å². The predicted octanol–water partition coefficient (Wildman–Crippen LogP) is 3.43. The van der Waals surface area contributed by atoms with E-state index in [0.29, 0.717) is 12.1 Å². The molecule has 2 heterocycles. The summed E-state index contributed by atoms with van der Waals surface area (Å²) < 4.78 is 13.2. The van der Waals surface area contributed by atoms with Crippen LogP contribution in [-0.2, 0) is 4.74 Å². The Hall–Kier alpha value is -0.580. The van der Waals surface area contributed by atoms with E-state index in [1.165, 1.54) is 5.56 Å². The van der Waals surface area contributed by atoms with Crippen molar-refractivity contribution >= 4 is 15.9 Å². The molecule has 0 saturated carbocycles. The summed E-state index contributed by atoms with van der Waals surface area (Å²) in [6, 6.07) is 6.61. The van der Waals surface area contributed by atoms with Crippen LogP contribution in [0.25, 0.3) is 0 Å². The molecular weight excluding hydrogens is 306 g/mol. The highest BCUT2D eigenvalue weighted by atomic mass is 79.9. The third-order valence-corrected chi connectivity index (χ3v) is 4.62. The highest BCUT2D eigenvalue weighted by molar-refractivity contribution is 9.10. The summed E-state index contributed by atoms with van der Waals surface area (Å²) >= 11 is 3.51. The second kappa shape index (κ2) is 5.43. The molecule has 0 aliphatic carbocycles. The molecule has 19 heavy (non-hydrogen) atoms. The van der Waals surface area contributed by atoms with Crippen molar-refractivity contribution in [1.82, 2.24) is 5.32 Å². The predicted molar refractivity (Wildman–Crippen MR) is 78.5 cm³/mol. The monoisotopic (exact) mass is 325 g/mol. The summed E-state index contributed by atoms with van der Waals surface area (Å²) in [5.41, 5.74) is 1.24. The molecule has 0 spiro atoms. The second-order valence-electron chi connectivity index (χ2n) is 5.48. The quantitative estimate of drug-likeness (QED) is 0.903. The van der Waals surface area contributed by atoms with Crippen molar-refractivity contribution in [2.24, 2.45) is 0 Å². The van der Waals surface area contributed by atoms with Gasteiger partial charge in [0, 0.05) is 22.5 Å². The average Bonchev–Trinajstić information content (AvgIpc) is 2.83. The molecule has 0 radical (unpaired) electrons. The first-order chi connectivity index (χ1) is 9.17. The summed E-state index contributed by atoms with van der Waals surface area (Å²) in [6.45, 7) is 2.14. The van der Waals surface area contributed by atoms with Crippen molar-refractivity contribution in [1.29, 1.82) is 0 Å². The van der Waals surface area contributed by atoms with E-state index < -0.39 is 0 Å². The van der Waals surface area contributed by atoms with Crippen molar-refractivity contribution < 1.29 is 9.47 Å². The minimum absolute atomic E-state index is 0.157. The highest BCUT2D eigenvalue weighted by Gasteiger charge is 2.36. The first-order valence-corrected chi connectivity index (χ1v) is 7.75. The molecule has 1 aromatic carbocycles. The lowest BCUT2D eigenvalue weighted by Gasteiger charge is -2.35. The summed E-state index contributed by atoms with van der Waals surface area (Å²) in [6.07, 6.45) is 3.97. The van der Waals surface area contributed by atoms with Crippen molar-refractivity contribution in [3.63, 3.8) is 0 Å². The van der Waals surface area contributed by atoms with Crippen LogP contribution in [0.5, 0.6) is 5.75 Å². The van der Waals surface area contributed by atoms with Crippen molar-refractivity contribution in [2.75, 3.05) is 7.05 Å². The van der Waals surface area contributed by atoms with E-state index in [9.17, 15) is 0 Å². The second-order valence-corrected chi connectivity index (χ2v) is 6.39. The van der Waals surface area contributed by atoms with Crippen LogP contribution in [0.3, 0.4) is 0 Å². The molecule has 0 aromatic heterocycles. The van der Waals surface area contributed by atoms with Crippen LogP contribution < -0.4 is 10.1 Å². The fraction of sp³-hybridized carbons (Fsp3) is 0.600. The smallest absolute Gasteiger partial charge is 0.127 e. The zero-order chi connectivity index (χ0) is 13.4. The molecule has 2 aliphatic heterocycles. The lowest BCUT2D eigenvalue weighted by molar-refractivity contribution is -0.0296. The number of hydrogen-bond donors (Lipinski definition) is 1. The third-order valence-electron chi connectivity index (χ3n) is 4.13. The van der Waals surface area contributed by atoms with Crippen LogP contribution >= 0.6 is 15.9 Å². The maximum Gasteiger partial charge on any atom is 0.127 e. The largest absolute Gasteiger partial charge is 0.487 e. The van der Waals surface area contributed by atoms with Gasteiger partial charge < -0.3 is 14.8 Å². The molecule has 1 N–H and O–H groups in total. The van der Waals surface area contributed by atoms with Gasteiger partial charge in [-0.3, -0.25) is 0 Å². The molecule has 2 aliphatic rings. The Labute approximate surface area is 122 Å². The van der Waals surface area contributed by atoms with Gasteiger partial charge in [0.1, 0.15) is 11.9 Å². The number of halogens is 1. The minimum atomic E-state index is 0.157. The zero-order valence-electron chi connectivity index (χ0n) is 11.4. The molecule has 4 unspecified atom stereocenters. The molecule has 3 nitrogen and oxygen atoms in total. The molecule has 0 amide bonds. The topological polar surface area (TPSA) is 30.5 Å². The Morgan fingerprint density at radius 1 is 1.26 bits per heavy atom. The average molecular weight is 326 g/mol. The molecule has 104 valence electrons. The van der Waals surface area contributed by atoms with Gasteiger partial charge in [-0.15, -0.1) is 0 Å². The molecule has 3 rings (SSSR count). The molecular formula is C15H20BrNO2. The van der Waals surface area contributed by atoms with Gasteiger partial charge in [0.2, 0.25) is 0 Å². The van der Waals surface area contributed by atoms with E-state index in [1.807, 2.05) is 7.05 Å². The van der Waals surface area contributed by atoms with E-state index >= 15 is 0 Å². The Morgan fingerprint density at radius 3 is 2.79 bits per heavy atom. The normalized spacial score (nSPS) is 33.8. The van der Waals surface area contributed by atoms with Gasteiger partial charge in [0.25, 0.3) is 0 Å². The van der Waals surface area contributed by atoms with Crippen molar-refractivity contribution in [2.45, 2.75) is 50.5 Å². The summed E-state index contributed by atoms with van der Waals surface area (Å²) in [5.74, 6) is 0.980. The Kier molecular flexibility index (Phi) is 3.83. The van der Waals surface area contributed by atoms with Crippen LogP contribution in [0, 0.1) is 0 Å². The number of fused-ring (bicyclic) bond motifs is 1. The Morgan fingerprint density at radius 2 is 2.11 bits per heavy atom. The molecule has 1 saturated heterocycles. The van der Waals surface area contributed by atoms with E-state index in [4.69, 9.17) is 9.47 Å². The van der Waals surface area contributed by atoms with Crippen LogP contribution in [0.2, 0.25) is 0 Å². The number of rotatable bonds is 2. The molecule has 0 bridgehead atoms. The fourth-order valence-electron chi connectivity index (χ4n) is 3.08. The SMILES string of the molecule is CNC1CC(C2CCC(C)O2)Oc2cc(Br)ccc21. The lowest BCUT2D eigenvalue weighted by Crippen LogP contribution is -2.39. The van der Waals surface area contributed by atoms with Gasteiger partial charge in [-0.1, -0.05) is 22.0 Å². The molecule has 4 atom stereocenters. The molecule has 1 fully saturated rings. The summed E-state index contributed by atoms with van der Waals surface area (Å²) in [5, 5.41) is 3.39. The van der Waals surface area contributed by atoms with E-state index in [-0.39, 0.29) is 12.2 Å². The summed E-state index contributed by atoms with van der Waals surface area (Å²) in [4.78, 5) is 0.